The molecule has 6 aromatic rings. The van der Waals surface area contributed by atoms with Crippen LogP contribution in [0.2, 0.25) is 0 Å². The molecule has 1 aliphatic carbocycles. The number of H-pyrrole nitrogens is 2. The minimum Gasteiger partial charge on any atom is -0.464 e. The second-order valence-corrected chi connectivity index (χ2v) is 20.7. The van der Waals surface area contributed by atoms with Gasteiger partial charge in [0.2, 0.25) is 18.0 Å². The molecule has 2 aromatic carbocycles. The minimum absolute atomic E-state index is 0.101. The third-order valence-electron chi connectivity index (χ3n) is 14.0. The quantitative estimate of drug-likeness (QED) is 0.0918. The maximum absolute atomic E-state index is 16.9. The van der Waals surface area contributed by atoms with Gasteiger partial charge >= 0.3 is 12.2 Å². The molecule has 0 radical (unpaired) electrons. The highest BCUT2D eigenvalue weighted by Gasteiger charge is 2.56. The number of rotatable bonds is 12. The number of halogens is 1. The lowest BCUT2D eigenvalue weighted by Crippen LogP contribution is -2.52. The zero-order chi connectivity index (χ0) is 48.6. The molecule has 10 rings (SSSR count). The number of piperidine rings is 1. The SMILES string of the molecule is COC(=O)N[C@H](C(=O)N1CCC[C@H]1c1ncc(-c2cc(F)c3c(c2)OC(c2cnc(C(C)C)s2)n2c-3cc3cc(-c4cnc([C@@H]5CC6C[C@H]6N5C(=O)[C@@H](NC(=O)OC)C(C)C)[nH]4)ccc32)[nH]1)C(C)C. The average Bonchev–Trinajstić information content (AvgIpc) is 4.09. The lowest BCUT2D eigenvalue weighted by molar-refractivity contribution is -0.137. The van der Waals surface area contributed by atoms with Gasteiger partial charge in [0, 0.05) is 41.2 Å². The molecule has 4 N–H and O–H groups in total. The molecule has 69 heavy (non-hydrogen) atoms. The van der Waals surface area contributed by atoms with Gasteiger partial charge < -0.3 is 44.6 Å². The van der Waals surface area contributed by atoms with Crippen LogP contribution in [0.4, 0.5) is 14.0 Å². The summed E-state index contributed by atoms with van der Waals surface area (Å²) in [7, 11) is 2.55. The highest BCUT2D eigenvalue weighted by atomic mass is 32.1. The summed E-state index contributed by atoms with van der Waals surface area (Å²) in [6.45, 7) is 12.2. The van der Waals surface area contributed by atoms with Crippen LogP contribution in [0.1, 0.15) is 113 Å². The number of aromatic amines is 2. The number of nitrogens with zero attached hydrogens (tertiary/aromatic N) is 6. The van der Waals surface area contributed by atoms with Crippen molar-refractivity contribution in [1.29, 1.82) is 0 Å². The Balaban J connectivity index is 0.968. The van der Waals surface area contributed by atoms with Crippen molar-refractivity contribution in [3.63, 3.8) is 0 Å². The predicted molar refractivity (Wildman–Crippen MR) is 256 cm³/mol. The number of carbonyl (C=O) groups excluding carboxylic acids is 4. The van der Waals surface area contributed by atoms with Crippen LogP contribution in [0.25, 0.3) is 44.7 Å². The number of carbonyl (C=O) groups is 4. The molecule has 2 saturated heterocycles. The van der Waals surface area contributed by atoms with Gasteiger partial charge in [-0.05, 0) is 73.8 Å². The van der Waals surface area contributed by atoms with Crippen LogP contribution in [-0.4, -0.2) is 102 Å². The summed E-state index contributed by atoms with van der Waals surface area (Å²) in [4.78, 5) is 77.8. The highest BCUT2D eigenvalue weighted by Crippen LogP contribution is 2.54. The number of methoxy groups -OCH3 is 2. The van der Waals surface area contributed by atoms with Crippen molar-refractivity contribution in [2.45, 2.75) is 110 Å². The number of thiazole rings is 1. The van der Waals surface area contributed by atoms with Crippen LogP contribution in [0, 0.1) is 23.6 Å². The Morgan fingerprint density at radius 3 is 2.13 bits per heavy atom. The summed E-state index contributed by atoms with van der Waals surface area (Å²) in [6.07, 6.45) is 6.43. The standard InChI is InChI=1S/C50H57FN10O7S/c1-23(2)41(57-49(64)66-7)46(62)59-13-9-10-34(59)43-52-21-32(56-43)27-15-30(51)40-36-17-28-14-26(11-12-33(28)61(36)48(68-38(40)19-27)39-22-54-45(69-39)25(5)6)31-20-53-44(55-31)37-18-29-16-35(29)60(37)47(63)42(24(3)4)58-50(65)67-8/h11-12,14-15,17,19-25,29,34-35,37,41-42,48H,9-10,13,16,18H2,1-8H3,(H,52,56)(H,53,55)(H,57,64)(H,58,65)/t29?,34-,35+,37-,41-,42-,48?/m0/s1. The van der Waals surface area contributed by atoms with E-state index in [1.807, 2.05) is 67.6 Å². The molecule has 7 atom stereocenters. The van der Waals surface area contributed by atoms with E-state index in [4.69, 9.17) is 29.2 Å². The van der Waals surface area contributed by atoms with E-state index in [-0.39, 0.29) is 47.7 Å². The van der Waals surface area contributed by atoms with Crippen LogP contribution in [0.3, 0.4) is 0 Å². The van der Waals surface area contributed by atoms with Crippen molar-refractivity contribution in [1.82, 2.24) is 49.9 Å². The molecule has 4 amide bonds. The van der Waals surface area contributed by atoms with Crippen molar-refractivity contribution in [2.24, 2.45) is 17.8 Å². The fourth-order valence-electron chi connectivity index (χ4n) is 10.3. The van der Waals surface area contributed by atoms with Crippen molar-refractivity contribution < 1.29 is 37.8 Å². The summed E-state index contributed by atoms with van der Waals surface area (Å²) >= 11 is 1.56. The van der Waals surface area contributed by atoms with Gasteiger partial charge in [-0.1, -0.05) is 47.6 Å². The number of amides is 4. The fourth-order valence-corrected chi connectivity index (χ4v) is 11.3. The zero-order valence-corrected chi connectivity index (χ0v) is 40.6. The van der Waals surface area contributed by atoms with E-state index in [1.54, 1.807) is 28.6 Å². The number of likely N-dealkylation sites (tertiary alicyclic amines) is 2. The molecule has 7 heterocycles. The van der Waals surface area contributed by atoms with Crippen LogP contribution < -0.4 is 15.4 Å². The summed E-state index contributed by atoms with van der Waals surface area (Å²) in [5, 5.41) is 7.25. The van der Waals surface area contributed by atoms with Crippen molar-refractivity contribution in [2.75, 3.05) is 20.8 Å². The molecular weight excluding hydrogens is 904 g/mol. The molecule has 1 saturated carbocycles. The number of fused-ring (bicyclic) bond motifs is 6. The number of benzene rings is 2. The lowest BCUT2D eigenvalue weighted by Gasteiger charge is -2.31. The normalized spacial score (nSPS) is 21.2. The molecule has 19 heteroatoms. The third kappa shape index (κ3) is 8.27. The van der Waals surface area contributed by atoms with Crippen molar-refractivity contribution in [3.05, 3.63) is 82.3 Å². The number of nitrogens with one attached hydrogen (secondary N) is 4. The lowest BCUT2D eigenvalue weighted by atomic mass is 10.0. The number of imidazole rings is 2. The fraction of sp³-hybridized carbons (Fsp3) is 0.460. The number of hydrogen-bond donors (Lipinski definition) is 4. The Bertz CT molecular complexity index is 2970. The average molecular weight is 961 g/mol. The molecule has 4 aromatic heterocycles. The van der Waals surface area contributed by atoms with Crippen LogP contribution in [-0.2, 0) is 19.1 Å². The third-order valence-corrected chi connectivity index (χ3v) is 15.4. The Hall–Kier alpha value is -6.76. The number of aromatic nitrogens is 6. The second-order valence-electron chi connectivity index (χ2n) is 19.6. The van der Waals surface area contributed by atoms with Crippen molar-refractivity contribution >= 4 is 46.2 Å². The second kappa shape index (κ2) is 18.0. The molecule has 4 aliphatic rings. The molecule has 0 spiro atoms. The summed E-state index contributed by atoms with van der Waals surface area (Å²) in [5.41, 5.74) is 4.53. The van der Waals surface area contributed by atoms with E-state index >= 15 is 4.39 Å². The van der Waals surface area contributed by atoms with Gasteiger partial charge in [-0.25, -0.2) is 28.9 Å². The summed E-state index contributed by atoms with van der Waals surface area (Å²) < 4.78 is 35.4. The van der Waals surface area contributed by atoms with Gasteiger partial charge in [0.15, 0.2) is 0 Å². The maximum Gasteiger partial charge on any atom is 0.407 e. The first-order valence-electron chi connectivity index (χ1n) is 23.7. The molecule has 3 aliphatic heterocycles. The van der Waals surface area contributed by atoms with E-state index in [9.17, 15) is 19.2 Å². The molecule has 362 valence electrons. The zero-order valence-electron chi connectivity index (χ0n) is 39.8. The first kappa shape index (κ1) is 46.0. The van der Waals surface area contributed by atoms with Gasteiger partial charge in [0.1, 0.15) is 35.3 Å². The Morgan fingerprint density at radius 2 is 1.48 bits per heavy atom. The Kier molecular flexibility index (Phi) is 12.0. The smallest absolute Gasteiger partial charge is 0.407 e. The highest BCUT2D eigenvalue weighted by molar-refractivity contribution is 7.11. The maximum atomic E-state index is 16.9. The first-order valence-corrected chi connectivity index (χ1v) is 24.5. The summed E-state index contributed by atoms with van der Waals surface area (Å²) in [5.74, 6) is 1.01. The van der Waals surface area contributed by atoms with Gasteiger partial charge in [0.05, 0.1) is 76.7 Å². The van der Waals surface area contributed by atoms with Gasteiger partial charge in [-0.3, -0.25) is 14.2 Å². The van der Waals surface area contributed by atoms with Gasteiger partial charge in [-0.15, -0.1) is 11.3 Å². The molecule has 0 bridgehead atoms. The van der Waals surface area contributed by atoms with Crippen LogP contribution in [0.5, 0.6) is 5.75 Å². The topological polar surface area (TPSA) is 202 Å². The predicted octanol–water partition coefficient (Wildman–Crippen LogP) is 8.83. The first-order chi connectivity index (χ1) is 33.1. The minimum atomic E-state index is -0.775. The number of alkyl carbamates (subject to hydrolysis) is 2. The van der Waals surface area contributed by atoms with Crippen LogP contribution in [0.15, 0.2) is 55.0 Å². The monoisotopic (exact) mass is 960 g/mol. The van der Waals surface area contributed by atoms with E-state index in [2.05, 4.69) is 40.5 Å². The molecule has 3 fully saturated rings. The number of ether oxygens (including phenoxy) is 3. The van der Waals surface area contributed by atoms with E-state index in [0.29, 0.717) is 58.8 Å². The Labute approximate surface area is 402 Å². The van der Waals surface area contributed by atoms with E-state index in [0.717, 1.165) is 51.3 Å². The van der Waals surface area contributed by atoms with Crippen molar-refractivity contribution in [3.8, 4) is 39.5 Å². The molecule has 17 nitrogen and oxygen atoms in total. The number of hydrogen-bond acceptors (Lipinski definition) is 11. The largest absolute Gasteiger partial charge is 0.464 e. The Morgan fingerprint density at radius 1 is 0.812 bits per heavy atom. The molecule has 2 unspecified atom stereocenters. The van der Waals surface area contributed by atoms with E-state index < -0.39 is 36.3 Å². The van der Waals surface area contributed by atoms with Crippen LogP contribution >= 0.6 is 11.3 Å². The van der Waals surface area contributed by atoms with E-state index in [1.165, 1.54) is 20.3 Å². The molecular formula is C50H57FN10O7S. The summed E-state index contributed by atoms with van der Waals surface area (Å²) in [6, 6.07) is 9.32. The van der Waals surface area contributed by atoms with Gasteiger partial charge in [-0.2, -0.15) is 0 Å². The van der Waals surface area contributed by atoms with Gasteiger partial charge in [0.25, 0.3) is 0 Å².